The van der Waals surface area contributed by atoms with Crippen LogP contribution in [0.25, 0.3) is 0 Å². The second-order valence-electron chi connectivity index (χ2n) is 5.87. The summed E-state index contributed by atoms with van der Waals surface area (Å²) in [5.74, 6) is 0. The fourth-order valence-electron chi connectivity index (χ4n) is 2.65. The number of hydrogen-bond donors (Lipinski definition) is 2. The highest BCUT2D eigenvalue weighted by Crippen LogP contribution is 2.28. The summed E-state index contributed by atoms with van der Waals surface area (Å²) in [5.41, 5.74) is 3.89. The summed E-state index contributed by atoms with van der Waals surface area (Å²) >= 11 is 0. The first-order valence-electron chi connectivity index (χ1n) is 7.43. The molecule has 4 nitrogen and oxygen atoms in total. The predicted molar refractivity (Wildman–Crippen MR) is 89.8 cm³/mol. The lowest BCUT2D eigenvalue weighted by molar-refractivity contribution is 0.601. The fourth-order valence-corrected chi connectivity index (χ4v) is 3.70. The molecular formula is C17H20N2O2S. The van der Waals surface area contributed by atoms with Crippen molar-refractivity contribution < 1.29 is 8.42 Å². The Hall–Kier alpha value is -2.01. The Bertz CT molecular complexity index is 783. The van der Waals surface area contributed by atoms with Crippen LogP contribution < -0.4 is 10.0 Å². The van der Waals surface area contributed by atoms with E-state index in [0.29, 0.717) is 11.7 Å². The molecule has 2 aromatic rings. The lowest BCUT2D eigenvalue weighted by atomic mass is 9.99. The van der Waals surface area contributed by atoms with Gasteiger partial charge < -0.3 is 5.32 Å². The second-order valence-corrected chi connectivity index (χ2v) is 7.56. The molecule has 5 heteroatoms. The van der Waals surface area contributed by atoms with Crippen molar-refractivity contribution in [3.8, 4) is 0 Å². The zero-order valence-electron chi connectivity index (χ0n) is 12.8. The molecule has 1 aliphatic heterocycles. The van der Waals surface area contributed by atoms with Gasteiger partial charge in [-0.05, 0) is 62.6 Å². The van der Waals surface area contributed by atoms with E-state index in [1.54, 1.807) is 30.3 Å². The standard InChI is InChI=1S/C17H20N2O2S/c1-12-3-8-16(9-4-12)22(20,21)19-15-7-10-17-14(11-15)6-5-13(2)18-17/h3-4,7-11,13,18-19H,5-6H2,1-2H3. The van der Waals surface area contributed by atoms with E-state index in [9.17, 15) is 8.42 Å². The van der Waals surface area contributed by atoms with Crippen molar-refractivity contribution in [3.05, 3.63) is 53.6 Å². The van der Waals surface area contributed by atoms with E-state index in [1.165, 1.54) is 0 Å². The summed E-state index contributed by atoms with van der Waals surface area (Å²) in [6.07, 6.45) is 2.02. The lowest BCUT2D eigenvalue weighted by Gasteiger charge is -2.24. The topological polar surface area (TPSA) is 58.2 Å². The number of fused-ring (bicyclic) bond motifs is 1. The number of benzene rings is 2. The first kappa shape index (κ1) is 14.9. The van der Waals surface area contributed by atoms with Gasteiger partial charge in [0.05, 0.1) is 4.90 Å². The highest BCUT2D eigenvalue weighted by Gasteiger charge is 2.17. The number of nitrogens with one attached hydrogen (secondary N) is 2. The van der Waals surface area contributed by atoms with E-state index in [2.05, 4.69) is 17.0 Å². The van der Waals surface area contributed by atoms with Gasteiger partial charge in [0.25, 0.3) is 10.0 Å². The quantitative estimate of drug-likeness (QED) is 0.910. The average molecular weight is 316 g/mol. The molecule has 1 atom stereocenters. The van der Waals surface area contributed by atoms with E-state index in [-0.39, 0.29) is 4.90 Å². The van der Waals surface area contributed by atoms with Crippen molar-refractivity contribution in [1.29, 1.82) is 0 Å². The van der Waals surface area contributed by atoms with E-state index in [1.807, 2.05) is 19.1 Å². The number of rotatable bonds is 3. The number of aryl methyl sites for hydroxylation is 2. The van der Waals surface area contributed by atoms with Gasteiger partial charge in [-0.2, -0.15) is 0 Å². The van der Waals surface area contributed by atoms with Crippen molar-refractivity contribution in [1.82, 2.24) is 0 Å². The molecule has 0 saturated carbocycles. The fraction of sp³-hybridized carbons (Fsp3) is 0.294. The highest BCUT2D eigenvalue weighted by molar-refractivity contribution is 7.92. The smallest absolute Gasteiger partial charge is 0.261 e. The minimum Gasteiger partial charge on any atom is -0.382 e. The molecule has 2 N–H and O–H groups in total. The SMILES string of the molecule is Cc1ccc(S(=O)(=O)Nc2ccc3c(c2)CCC(C)N3)cc1. The minimum absolute atomic E-state index is 0.280. The van der Waals surface area contributed by atoms with E-state index < -0.39 is 10.0 Å². The number of hydrogen-bond acceptors (Lipinski definition) is 3. The van der Waals surface area contributed by atoms with Crippen molar-refractivity contribution in [3.63, 3.8) is 0 Å². The van der Waals surface area contributed by atoms with Crippen LogP contribution >= 0.6 is 0 Å². The first-order chi connectivity index (χ1) is 10.4. The van der Waals surface area contributed by atoms with Crippen molar-refractivity contribution in [2.75, 3.05) is 10.0 Å². The molecule has 0 amide bonds. The molecule has 2 aromatic carbocycles. The Morgan fingerprint density at radius 2 is 1.86 bits per heavy atom. The zero-order chi connectivity index (χ0) is 15.7. The lowest BCUT2D eigenvalue weighted by Crippen LogP contribution is -2.22. The third-order valence-electron chi connectivity index (χ3n) is 3.94. The van der Waals surface area contributed by atoms with Gasteiger partial charge >= 0.3 is 0 Å². The third-order valence-corrected chi connectivity index (χ3v) is 5.33. The molecule has 0 fully saturated rings. The van der Waals surface area contributed by atoms with Crippen molar-refractivity contribution >= 4 is 21.4 Å². The summed E-state index contributed by atoms with van der Waals surface area (Å²) < 4.78 is 27.5. The van der Waals surface area contributed by atoms with E-state index in [0.717, 1.165) is 29.7 Å². The van der Waals surface area contributed by atoms with Crippen LogP contribution in [0.5, 0.6) is 0 Å². The predicted octanol–water partition coefficient (Wildman–Crippen LogP) is 3.54. The molecule has 1 heterocycles. The molecule has 0 bridgehead atoms. The molecule has 116 valence electrons. The van der Waals surface area contributed by atoms with Gasteiger partial charge in [0.15, 0.2) is 0 Å². The summed E-state index contributed by atoms with van der Waals surface area (Å²) in [7, 11) is -3.54. The zero-order valence-corrected chi connectivity index (χ0v) is 13.6. The Morgan fingerprint density at radius 3 is 2.59 bits per heavy atom. The molecule has 0 radical (unpaired) electrons. The van der Waals surface area contributed by atoms with Gasteiger partial charge in [0.2, 0.25) is 0 Å². The minimum atomic E-state index is -3.54. The largest absolute Gasteiger partial charge is 0.382 e. The maximum Gasteiger partial charge on any atom is 0.261 e. The van der Waals surface area contributed by atoms with Gasteiger partial charge in [0.1, 0.15) is 0 Å². The molecule has 3 rings (SSSR count). The molecule has 1 unspecified atom stereocenters. The monoisotopic (exact) mass is 316 g/mol. The molecule has 0 aliphatic carbocycles. The van der Waals surface area contributed by atoms with Crippen molar-refractivity contribution in [2.45, 2.75) is 37.6 Å². The van der Waals surface area contributed by atoms with E-state index in [4.69, 9.17) is 0 Å². The third kappa shape index (κ3) is 3.09. The Balaban J connectivity index is 1.85. The molecule has 0 aromatic heterocycles. The summed E-state index contributed by atoms with van der Waals surface area (Å²) in [5, 5.41) is 3.41. The number of sulfonamides is 1. The van der Waals surface area contributed by atoms with Crippen LogP contribution in [-0.2, 0) is 16.4 Å². The summed E-state index contributed by atoms with van der Waals surface area (Å²) in [4.78, 5) is 0.280. The average Bonchev–Trinajstić information content (AvgIpc) is 2.47. The highest BCUT2D eigenvalue weighted by atomic mass is 32.2. The van der Waals surface area contributed by atoms with Gasteiger partial charge in [0, 0.05) is 17.4 Å². The molecule has 22 heavy (non-hydrogen) atoms. The first-order valence-corrected chi connectivity index (χ1v) is 8.91. The Kier molecular flexibility index (Phi) is 3.83. The van der Waals surface area contributed by atoms with Crippen LogP contribution in [0.3, 0.4) is 0 Å². The Labute approximate surface area is 131 Å². The van der Waals surface area contributed by atoms with Crippen molar-refractivity contribution in [2.24, 2.45) is 0 Å². The van der Waals surface area contributed by atoms with Gasteiger partial charge in [-0.25, -0.2) is 8.42 Å². The molecule has 0 saturated heterocycles. The maximum atomic E-state index is 12.4. The van der Waals surface area contributed by atoms with Crippen LogP contribution in [0, 0.1) is 6.92 Å². The summed E-state index contributed by atoms with van der Waals surface area (Å²) in [6, 6.07) is 13.0. The number of anilines is 2. The molecular weight excluding hydrogens is 296 g/mol. The van der Waals surface area contributed by atoms with Crippen LogP contribution in [0.2, 0.25) is 0 Å². The maximum absolute atomic E-state index is 12.4. The van der Waals surface area contributed by atoms with Crippen LogP contribution in [-0.4, -0.2) is 14.5 Å². The van der Waals surface area contributed by atoms with Crippen LogP contribution in [0.15, 0.2) is 47.4 Å². The molecule has 0 spiro atoms. The second kappa shape index (κ2) is 5.65. The van der Waals surface area contributed by atoms with Gasteiger partial charge in [-0.1, -0.05) is 17.7 Å². The van der Waals surface area contributed by atoms with Gasteiger partial charge in [-0.3, -0.25) is 4.72 Å². The molecule has 1 aliphatic rings. The van der Waals surface area contributed by atoms with Gasteiger partial charge in [-0.15, -0.1) is 0 Å². The van der Waals surface area contributed by atoms with E-state index >= 15 is 0 Å². The van der Waals surface area contributed by atoms with Crippen LogP contribution in [0.4, 0.5) is 11.4 Å². The normalized spacial score (nSPS) is 17.5. The Morgan fingerprint density at radius 1 is 1.14 bits per heavy atom. The van der Waals surface area contributed by atoms with Crippen LogP contribution in [0.1, 0.15) is 24.5 Å². The summed E-state index contributed by atoms with van der Waals surface area (Å²) in [6.45, 7) is 4.08.